The van der Waals surface area contributed by atoms with E-state index in [-0.39, 0.29) is 5.91 Å². The number of hydrogen-bond donors (Lipinski definition) is 1. The maximum absolute atomic E-state index is 11.3. The van der Waals surface area contributed by atoms with E-state index in [0.717, 1.165) is 5.56 Å². The van der Waals surface area contributed by atoms with E-state index in [1.54, 1.807) is 38.5 Å². The highest BCUT2D eigenvalue weighted by Gasteiger charge is 2.19. The highest BCUT2D eigenvalue weighted by atomic mass is 16.7. The summed E-state index contributed by atoms with van der Waals surface area (Å²) in [4.78, 5) is 16.7. The number of rotatable bonds is 6. The molecule has 1 heterocycles. The monoisotopic (exact) mass is 355 g/mol. The second-order valence-corrected chi connectivity index (χ2v) is 5.23. The molecule has 1 N–H and O–H groups in total. The van der Waals surface area contributed by atoms with Gasteiger partial charge in [-0.2, -0.15) is 10.2 Å². The normalized spacial score (nSPS) is 10.3. The minimum Gasteiger partial charge on any atom is -0.497 e. The molecule has 0 aliphatic rings. The molecule has 1 aromatic heterocycles. The Morgan fingerprint density at radius 1 is 1.12 bits per heavy atom. The molecule has 1 amide bonds. The number of amides is 1. The van der Waals surface area contributed by atoms with Crippen molar-refractivity contribution in [1.82, 2.24) is 25.7 Å². The standard InChI is InChI=1S/C17H17N5O4/c1-11(23)19-26-15-6-4-5-14(22-10-18-20-21-22)17(15)13-8-7-12(24-2)9-16(13)25-3/h4-10H,1-3H3,(H,19,23). The van der Waals surface area contributed by atoms with Crippen LogP contribution in [0.3, 0.4) is 0 Å². The Hall–Kier alpha value is -3.62. The first-order valence-corrected chi connectivity index (χ1v) is 7.66. The number of benzene rings is 2. The van der Waals surface area contributed by atoms with Gasteiger partial charge >= 0.3 is 0 Å². The molecule has 0 saturated heterocycles. The van der Waals surface area contributed by atoms with E-state index in [1.165, 1.54) is 17.9 Å². The van der Waals surface area contributed by atoms with Crippen molar-refractivity contribution in [2.24, 2.45) is 0 Å². The summed E-state index contributed by atoms with van der Waals surface area (Å²) in [5.41, 5.74) is 4.36. The summed E-state index contributed by atoms with van der Waals surface area (Å²) in [6.07, 6.45) is 1.47. The van der Waals surface area contributed by atoms with Gasteiger partial charge in [0.1, 0.15) is 17.8 Å². The molecular formula is C17H17N5O4. The fourth-order valence-electron chi connectivity index (χ4n) is 2.47. The van der Waals surface area contributed by atoms with Crippen LogP contribution in [0.2, 0.25) is 0 Å². The average Bonchev–Trinajstić information content (AvgIpc) is 3.20. The van der Waals surface area contributed by atoms with Crippen LogP contribution in [0.1, 0.15) is 6.92 Å². The lowest BCUT2D eigenvalue weighted by Gasteiger charge is -2.17. The summed E-state index contributed by atoms with van der Waals surface area (Å²) < 4.78 is 12.3. The van der Waals surface area contributed by atoms with Gasteiger partial charge in [0.05, 0.1) is 25.5 Å². The Kier molecular flexibility index (Phi) is 4.97. The van der Waals surface area contributed by atoms with E-state index in [4.69, 9.17) is 14.3 Å². The molecule has 0 atom stereocenters. The average molecular weight is 355 g/mol. The minimum atomic E-state index is -0.328. The van der Waals surface area contributed by atoms with Crippen LogP contribution in [0.5, 0.6) is 17.2 Å². The lowest BCUT2D eigenvalue weighted by atomic mass is 10.0. The maximum Gasteiger partial charge on any atom is 0.249 e. The molecule has 0 aliphatic heterocycles. The highest BCUT2D eigenvalue weighted by molar-refractivity contribution is 5.83. The van der Waals surface area contributed by atoms with E-state index in [0.29, 0.717) is 28.5 Å². The second kappa shape index (κ2) is 7.51. The lowest BCUT2D eigenvalue weighted by molar-refractivity contribution is -0.125. The smallest absolute Gasteiger partial charge is 0.249 e. The van der Waals surface area contributed by atoms with E-state index >= 15 is 0 Å². The molecule has 0 aliphatic carbocycles. The fourth-order valence-corrected chi connectivity index (χ4v) is 2.47. The van der Waals surface area contributed by atoms with Crippen molar-refractivity contribution in [1.29, 1.82) is 0 Å². The summed E-state index contributed by atoms with van der Waals surface area (Å²) in [5.74, 6) is 1.30. The van der Waals surface area contributed by atoms with Gasteiger partial charge < -0.3 is 14.3 Å². The summed E-state index contributed by atoms with van der Waals surface area (Å²) in [6.45, 7) is 1.36. The summed E-state index contributed by atoms with van der Waals surface area (Å²) in [5, 5.41) is 11.3. The van der Waals surface area contributed by atoms with Crippen LogP contribution in [0.4, 0.5) is 0 Å². The van der Waals surface area contributed by atoms with Crippen LogP contribution in [-0.4, -0.2) is 40.3 Å². The second-order valence-electron chi connectivity index (χ2n) is 5.23. The molecule has 2 aromatic carbocycles. The van der Waals surface area contributed by atoms with Gasteiger partial charge in [0, 0.05) is 18.6 Å². The Labute approximate surface area is 149 Å². The molecule has 134 valence electrons. The number of ether oxygens (including phenoxy) is 2. The third kappa shape index (κ3) is 3.41. The number of methoxy groups -OCH3 is 2. The number of aromatic nitrogens is 4. The van der Waals surface area contributed by atoms with Crippen molar-refractivity contribution in [3.05, 3.63) is 42.7 Å². The Balaban J connectivity index is 2.21. The number of nitrogens with one attached hydrogen (secondary N) is 1. The zero-order chi connectivity index (χ0) is 18.5. The van der Waals surface area contributed by atoms with Crippen molar-refractivity contribution in [2.75, 3.05) is 14.2 Å². The molecule has 26 heavy (non-hydrogen) atoms. The van der Waals surface area contributed by atoms with Gasteiger partial charge in [0.2, 0.25) is 5.91 Å². The maximum atomic E-state index is 11.3. The van der Waals surface area contributed by atoms with E-state index < -0.39 is 0 Å². The van der Waals surface area contributed by atoms with Gasteiger partial charge in [0.25, 0.3) is 0 Å². The number of tetrazole rings is 1. The predicted molar refractivity (Wildman–Crippen MR) is 92.1 cm³/mol. The van der Waals surface area contributed by atoms with Crippen LogP contribution in [0.25, 0.3) is 16.8 Å². The first kappa shape index (κ1) is 17.2. The van der Waals surface area contributed by atoms with Crippen molar-refractivity contribution in [3.8, 4) is 34.1 Å². The third-order valence-corrected chi connectivity index (χ3v) is 3.58. The Bertz CT molecular complexity index is 912. The number of hydroxylamine groups is 1. The van der Waals surface area contributed by atoms with Crippen LogP contribution in [0.15, 0.2) is 42.7 Å². The molecule has 3 rings (SSSR count). The first-order chi connectivity index (χ1) is 12.6. The zero-order valence-corrected chi connectivity index (χ0v) is 14.5. The van der Waals surface area contributed by atoms with Gasteiger partial charge in [-0.1, -0.05) is 6.07 Å². The summed E-state index contributed by atoms with van der Waals surface area (Å²) in [6, 6.07) is 10.7. The zero-order valence-electron chi connectivity index (χ0n) is 14.5. The number of carbonyl (C=O) groups excluding carboxylic acids is 1. The molecule has 3 aromatic rings. The predicted octanol–water partition coefficient (Wildman–Crippen LogP) is 1.78. The molecule has 0 spiro atoms. The molecule has 0 bridgehead atoms. The molecule has 0 radical (unpaired) electrons. The lowest BCUT2D eigenvalue weighted by Crippen LogP contribution is -2.24. The van der Waals surface area contributed by atoms with E-state index in [9.17, 15) is 4.79 Å². The minimum absolute atomic E-state index is 0.328. The van der Waals surface area contributed by atoms with Crippen LogP contribution in [-0.2, 0) is 4.79 Å². The Morgan fingerprint density at radius 3 is 2.62 bits per heavy atom. The van der Waals surface area contributed by atoms with Crippen molar-refractivity contribution < 1.29 is 19.1 Å². The molecule has 9 heteroatoms. The molecule has 0 saturated carbocycles. The van der Waals surface area contributed by atoms with Gasteiger partial charge in [-0.15, -0.1) is 5.10 Å². The highest BCUT2D eigenvalue weighted by Crippen LogP contribution is 2.41. The topological polar surface area (TPSA) is 100 Å². The van der Waals surface area contributed by atoms with Crippen LogP contribution >= 0.6 is 0 Å². The molecule has 0 unspecified atom stereocenters. The van der Waals surface area contributed by atoms with Crippen molar-refractivity contribution in [3.63, 3.8) is 0 Å². The SMILES string of the molecule is COc1ccc(-c2c(ONC(C)=O)cccc2-n2cnnn2)c(OC)c1. The Morgan fingerprint density at radius 2 is 1.96 bits per heavy atom. The van der Waals surface area contributed by atoms with Crippen molar-refractivity contribution in [2.45, 2.75) is 6.92 Å². The van der Waals surface area contributed by atoms with Gasteiger partial charge in [-0.3, -0.25) is 4.79 Å². The molecule has 9 nitrogen and oxygen atoms in total. The quantitative estimate of drug-likeness (QED) is 0.673. The van der Waals surface area contributed by atoms with Gasteiger partial charge in [-0.25, -0.2) is 0 Å². The first-order valence-electron chi connectivity index (χ1n) is 7.66. The molecular weight excluding hydrogens is 338 g/mol. The van der Waals surface area contributed by atoms with Gasteiger partial charge in [-0.05, 0) is 34.7 Å². The largest absolute Gasteiger partial charge is 0.497 e. The van der Waals surface area contributed by atoms with E-state index in [2.05, 4.69) is 21.0 Å². The fraction of sp³-hybridized carbons (Fsp3) is 0.176. The van der Waals surface area contributed by atoms with Gasteiger partial charge in [0.15, 0.2) is 5.75 Å². The summed E-state index contributed by atoms with van der Waals surface area (Å²) >= 11 is 0. The number of nitrogens with zero attached hydrogens (tertiary/aromatic N) is 4. The van der Waals surface area contributed by atoms with E-state index in [1.807, 2.05) is 12.1 Å². The molecule has 0 fully saturated rings. The summed E-state index contributed by atoms with van der Waals surface area (Å²) in [7, 11) is 3.14. The van der Waals surface area contributed by atoms with Crippen LogP contribution < -0.4 is 19.8 Å². The third-order valence-electron chi connectivity index (χ3n) is 3.58. The van der Waals surface area contributed by atoms with Crippen LogP contribution in [0, 0.1) is 0 Å². The number of carbonyl (C=O) groups is 1. The van der Waals surface area contributed by atoms with Crippen molar-refractivity contribution >= 4 is 5.91 Å². The number of hydrogen-bond acceptors (Lipinski definition) is 7.